The van der Waals surface area contributed by atoms with E-state index in [4.69, 9.17) is 16.6 Å². The van der Waals surface area contributed by atoms with E-state index in [2.05, 4.69) is 0 Å². The zero-order valence-corrected chi connectivity index (χ0v) is 11.1. The van der Waals surface area contributed by atoms with Gasteiger partial charge in [0.15, 0.2) is 0 Å². The van der Waals surface area contributed by atoms with Gasteiger partial charge in [0.25, 0.3) is 0 Å². The molecule has 0 aliphatic rings. The van der Waals surface area contributed by atoms with Crippen molar-refractivity contribution in [1.29, 1.82) is 0 Å². The highest BCUT2D eigenvalue weighted by atomic mass is 32.1. The average molecular weight is 264 g/mol. The Balaban J connectivity index is 2.15. The van der Waals surface area contributed by atoms with Gasteiger partial charge in [-0.3, -0.25) is 0 Å². The number of hydrogen-bond donors (Lipinski definition) is 0. The first-order valence-electron chi connectivity index (χ1n) is 6.09. The Hall–Kier alpha value is -2.19. The molecule has 0 aliphatic heterocycles. The maximum absolute atomic E-state index is 5.96. The van der Waals surface area contributed by atoms with Crippen LogP contribution in [0, 0.1) is 4.51 Å². The summed E-state index contributed by atoms with van der Waals surface area (Å²) < 4.78 is 6.75. The fraction of sp³-hybridized carbons (Fsp3) is 0. The Morgan fingerprint density at radius 2 is 1.05 bits per heavy atom. The van der Waals surface area contributed by atoms with Gasteiger partial charge in [-0.2, -0.15) is 0 Å². The highest BCUT2D eigenvalue weighted by Crippen LogP contribution is 2.26. The molecule has 19 heavy (non-hydrogen) atoms. The molecule has 1 heterocycles. The molecule has 0 radical (unpaired) electrons. The molecule has 0 aliphatic carbocycles. The summed E-state index contributed by atoms with van der Waals surface area (Å²) in [5.74, 6) is 1.60. The maximum Gasteiger partial charge on any atom is 0.136 e. The first-order chi connectivity index (χ1) is 9.33. The van der Waals surface area contributed by atoms with Crippen molar-refractivity contribution in [3.05, 3.63) is 77.3 Å². The van der Waals surface area contributed by atoms with Gasteiger partial charge in [0.2, 0.25) is 0 Å². The number of rotatable bonds is 2. The summed E-state index contributed by atoms with van der Waals surface area (Å²) in [5.41, 5.74) is 2.07. The van der Waals surface area contributed by atoms with Crippen LogP contribution in [0.2, 0.25) is 0 Å². The molecule has 0 amide bonds. The lowest BCUT2D eigenvalue weighted by Crippen LogP contribution is -1.82. The summed E-state index contributed by atoms with van der Waals surface area (Å²) in [6, 6.07) is 23.8. The van der Waals surface area contributed by atoms with Gasteiger partial charge in [0.1, 0.15) is 11.5 Å². The van der Waals surface area contributed by atoms with E-state index in [1.165, 1.54) is 0 Å². The van der Waals surface area contributed by atoms with Crippen molar-refractivity contribution in [2.75, 3.05) is 0 Å². The summed E-state index contributed by atoms with van der Waals surface area (Å²) in [4.78, 5) is 0. The van der Waals surface area contributed by atoms with Crippen LogP contribution in [-0.2, 0) is 0 Å². The van der Waals surface area contributed by atoms with Crippen LogP contribution in [0.15, 0.2) is 77.2 Å². The molecule has 0 bridgehead atoms. The molecule has 1 aromatic heterocycles. The topological polar surface area (TPSA) is 13.1 Å². The van der Waals surface area contributed by atoms with Gasteiger partial charge >= 0.3 is 0 Å². The van der Waals surface area contributed by atoms with Crippen LogP contribution in [0.1, 0.15) is 0 Å². The van der Waals surface area contributed by atoms with E-state index >= 15 is 0 Å². The second-order valence-corrected chi connectivity index (χ2v) is 4.73. The fourth-order valence-corrected chi connectivity index (χ4v) is 2.18. The van der Waals surface area contributed by atoms with Crippen LogP contribution < -0.4 is 0 Å². The summed E-state index contributed by atoms with van der Waals surface area (Å²) in [6.07, 6.45) is 0. The van der Waals surface area contributed by atoms with Crippen molar-refractivity contribution in [1.82, 2.24) is 0 Å². The lowest BCUT2D eigenvalue weighted by atomic mass is 10.1. The van der Waals surface area contributed by atoms with Crippen LogP contribution in [-0.4, -0.2) is 0 Å². The monoisotopic (exact) mass is 264 g/mol. The van der Waals surface area contributed by atoms with Gasteiger partial charge in [0, 0.05) is 15.6 Å². The van der Waals surface area contributed by atoms with E-state index in [1.807, 2.05) is 72.8 Å². The second kappa shape index (κ2) is 5.21. The van der Waals surface area contributed by atoms with Crippen LogP contribution >= 0.6 is 12.2 Å². The minimum atomic E-state index is 0.781. The molecule has 3 aromatic rings. The molecule has 3 rings (SSSR count). The van der Waals surface area contributed by atoms with E-state index in [1.54, 1.807) is 0 Å². The third-order valence-electron chi connectivity index (χ3n) is 2.88. The Morgan fingerprint density at radius 1 is 0.632 bits per heavy atom. The zero-order chi connectivity index (χ0) is 13.1. The maximum atomic E-state index is 5.96. The Kier molecular flexibility index (Phi) is 3.25. The third-order valence-corrected chi connectivity index (χ3v) is 3.12. The first-order valence-corrected chi connectivity index (χ1v) is 6.50. The lowest BCUT2D eigenvalue weighted by molar-refractivity contribution is 0.581. The van der Waals surface area contributed by atoms with Crippen molar-refractivity contribution >= 4 is 12.2 Å². The van der Waals surface area contributed by atoms with E-state index in [0.717, 1.165) is 27.2 Å². The molecule has 0 fully saturated rings. The fourth-order valence-electron chi connectivity index (χ4n) is 1.97. The van der Waals surface area contributed by atoms with Crippen LogP contribution in [0.4, 0.5) is 0 Å². The average Bonchev–Trinajstić information content (AvgIpc) is 2.48. The first kappa shape index (κ1) is 11.9. The molecular weight excluding hydrogens is 252 g/mol. The zero-order valence-electron chi connectivity index (χ0n) is 10.2. The SMILES string of the molecule is S=c1cc(-c2ccccc2)oc(-c2ccccc2)c1. The second-order valence-electron chi connectivity index (χ2n) is 4.25. The Labute approximate surface area is 117 Å². The standard InChI is InChI=1S/C17H12OS/c19-15-11-16(13-7-3-1-4-8-13)18-17(12-15)14-9-5-2-6-10-14/h1-12H. The molecule has 0 atom stereocenters. The smallest absolute Gasteiger partial charge is 0.136 e. The summed E-state index contributed by atoms with van der Waals surface area (Å²) >= 11 is 5.33. The number of benzene rings is 2. The predicted molar refractivity (Wildman–Crippen MR) is 80.4 cm³/mol. The molecule has 92 valence electrons. The minimum absolute atomic E-state index is 0.781. The van der Waals surface area contributed by atoms with Crippen molar-refractivity contribution in [2.45, 2.75) is 0 Å². The van der Waals surface area contributed by atoms with Gasteiger partial charge in [-0.05, 0) is 12.1 Å². The highest BCUT2D eigenvalue weighted by molar-refractivity contribution is 7.71. The van der Waals surface area contributed by atoms with E-state index in [0.29, 0.717) is 0 Å². The Bertz CT molecular complexity index is 669. The van der Waals surface area contributed by atoms with E-state index < -0.39 is 0 Å². The van der Waals surface area contributed by atoms with E-state index in [-0.39, 0.29) is 0 Å². The Morgan fingerprint density at radius 3 is 1.47 bits per heavy atom. The lowest BCUT2D eigenvalue weighted by Gasteiger charge is -2.05. The molecule has 2 heteroatoms. The molecule has 0 spiro atoms. The third kappa shape index (κ3) is 2.64. The van der Waals surface area contributed by atoms with Crippen LogP contribution in [0.3, 0.4) is 0 Å². The molecule has 1 nitrogen and oxygen atoms in total. The van der Waals surface area contributed by atoms with Gasteiger partial charge < -0.3 is 4.42 Å². The highest BCUT2D eigenvalue weighted by Gasteiger charge is 2.04. The quantitative estimate of drug-likeness (QED) is 0.579. The van der Waals surface area contributed by atoms with Crippen molar-refractivity contribution in [3.8, 4) is 22.6 Å². The predicted octanol–water partition coefficient (Wildman–Crippen LogP) is 5.34. The van der Waals surface area contributed by atoms with E-state index in [9.17, 15) is 0 Å². The molecule has 0 unspecified atom stereocenters. The van der Waals surface area contributed by atoms with Crippen LogP contribution in [0.5, 0.6) is 0 Å². The van der Waals surface area contributed by atoms with Gasteiger partial charge in [-0.25, -0.2) is 0 Å². The molecular formula is C17H12OS. The summed E-state index contributed by atoms with van der Waals surface area (Å²) in [7, 11) is 0. The minimum Gasteiger partial charge on any atom is -0.456 e. The summed E-state index contributed by atoms with van der Waals surface area (Å²) in [6.45, 7) is 0. The van der Waals surface area contributed by atoms with Gasteiger partial charge in [-0.1, -0.05) is 72.9 Å². The summed E-state index contributed by atoms with van der Waals surface area (Å²) in [5, 5.41) is 0. The molecule has 0 saturated carbocycles. The number of hydrogen-bond acceptors (Lipinski definition) is 2. The largest absolute Gasteiger partial charge is 0.456 e. The molecule has 0 saturated heterocycles. The van der Waals surface area contributed by atoms with Crippen molar-refractivity contribution in [2.24, 2.45) is 0 Å². The van der Waals surface area contributed by atoms with Crippen LogP contribution in [0.25, 0.3) is 22.6 Å². The normalized spacial score (nSPS) is 10.3. The molecule has 2 aromatic carbocycles. The molecule has 0 N–H and O–H groups in total. The van der Waals surface area contributed by atoms with Crippen molar-refractivity contribution < 1.29 is 4.42 Å². The van der Waals surface area contributed by atoms with Gasteiger partial charge in [0.05, 0.1) is 0 Å². The van der Waals surface area contributed by atoms with Gasteiger partial charge in [-0.15, -0.1) is 0 Å². The van der Waals surface area contributed by atoms with Crippen molar-refractivity contribution in [3.63, 3.8) is 0 Å².